The molecular weight excluding hydrogens is 453 g/mol. The zero-order valence-corrected chi connectivity index (χ0v) is 17.4. The number of hydrogen-bond acceptors (Lipinski definition) is 7. The van der Waals surface area contributed by atoms with Crippen LogP contribution in [0.2, 0.25) is 0 Å². The Morgan fingerprint density at radius 2 is 1.56 bits per heavy atom. The number of benzene rings is 2. The Morgan fingerprint density at radius 1 is 0.938 bits per heavy atom. The second kappa shape index (κ2) is 8.46. The van der Waals surface area contributed by atoms with Gasteiger partial charge in [-0.1, -0.05) is 30.3 Å². The third kappa shape index (κ3) is 3.96. The maximum Gasteiger partial charge on any atom is 0.501 e. The molecule has 32 heavy (non-hydrogen) atoms. The van der Waals surface area contributed by atoms with Crippen LogP contribution in [0, 0.1) is 0 Å². The molecule has 0 fully saturated rings. The van der Waals surface area contributed by atoms with Crippen LogP contribution in [0.4, 0.5) is 13.2 Å². The fourth-order valence-corrected chi connectivity index (χ4v) is 3.71. The molecule has 12 heteroatoms. The fraction of sp³-hybridized carbons (Fsp3) is 0.150. The molecule has 0 spiro atoms. The zero-order chi connectivity index (χ0) is 23.7. The lowest BCUT2D eigenvalue weighted by atomic mass is 10.1. The zero-order valence-electron chi connectivity index (χ0n) is 16.6. The molecule has 8 nitrogen and oxygen atoms in total. The van der Waals surface area contributed by atoms with Crippen molar-refractivity contribution in [3.63, 3.8) is 0 Å². The van der Waals surface area contributed by atoms with Crippen LogP contribution in [0.3, 0.4) is 0 Å². The molecule has 0 unspecified atom stereocenters. The maximum absolute atomic E-state index is 13.0. The summed E-state index contributed by atoms with van der Waals surface area (Å²) in [7, 11) is -3.55. The van der Waals surface area contributed by atoms with Crippen LogP contribution < -0.4 is 0 Å². The molecule has 0 N–H and O–H groups in total. The average molecular weight is 468 g/mol. The van der Waals surface area contributed by atoms with Crippen LogP contribution in [-0.2, 0) is 19.3 Å². The molecule has 0 atom stereocenters. The Bertz CT molecular complexity index is 1280. The van der Waals surface area contributed by atoms with E-state index < -0.39 is 37.7 Å². The molecule has 168 valence electrons. The summed E-state index contributed by atoms with van der Waals surface area (Å²) in [6, 6.07) is 11.9. The molecule has 0 amide bonds. The molecule has 0 aliphatic carbocycles. The minimum absolute atomic E-state index is 0.157. The normalized spacial score (nSPS) is 11.8. The number of carbonyl (C=O) groups is 2. The fourth-order valence-electron chi connectivity index (χ4n) is 2.90. The van der Waals surface area contributed by atoms with Gasteiger partial charge in [-0.3, -0.25) is 0 Å². The van der Waals surface area contributed by atoms with Crippen molar-refractivity contribution in [2.45, 2.75) is 10.4 Å². The van der Waals surface area contributed by atoms with Crippen molar-refractivity contribution in [2.24, 2.45) is 0 Å². The minimum Gasteiger partial charge on any atom is -0.465 e. The number of ether oxygens (including phenoxy) is 2. The number of methoxy groups -OCH3 is 2. The first-order valence-electron chi connectivity index (χ1n) is 8.79. The quantitative estimate of drug-likeness (QED) is 0.529. The number of carbonyl (C=O) groups excluding carboxylic acids is 2. The van der Waals surface area contributed by atoms with Gasteiger partial charge in [-0.15, -0.1) is 0 Å². The van der Waals surface area contributed by atoms with Gasteiger partial charge in [0.05, 0.1) is 24.8 Å². The number of aromatic nitrogens is 2. The number of halogens is 3. The summed E-state index contributed by atoms with van der Waals surface area (Å²) in [5.41, 5.74) is -6.36. The maximum atomic E-state index is 13.0. The summed E-state index contributed by atoms with van der Waals surface area (Å²) in [4.78, 5) is 24.0. The summed E-state index contributed by atoms with van der Waals surface area (Å²) in [6.45, 7) is 0. The van der Waals surface area contributed by atoms with E-state index in [2.05, 4.69) is 5.10 Å². The lowest BCUT2D eigenvalue weighted by Crippen LogP contribution is -2.23. The SMILES string of the molecule is COC(=O)c1c(-c2cccc(S(=O)(=O)C(F)(F)F)c2)nn(-c2ccccc2)c1C(=O)OC. The van der Waals surface area contributed by atoms with Gasteiger partial charge < -0.3 is 9.47 Å². The van der Waals surface area contributed by atoms with Crippen LogP contribution >= 0.6 is 0 Å². The summed E-state index contributed by atoms with van der Waals surface area (Å²) < 4.78 is 73.3. The van der Waals surface area contributed by atoms with E-state index in [0.717, 1.165) is 31.0 Å². The van der Waals surface area contributed by atoms with Crippen molar-refractivity contribution in [1.29, 1.82) is 0 Å². The van der Waals surface area contributed by atoms with E-state index in [-0.39, 0.29) is 17.0 Å². The number of rotatable bonds is 5. The second-order valence-electron chi connectivity index (χ2n) is 6.28. The summed E-state index contributed by atoms with van der Waals surface area (Å²) in [5.74, 6) is -1.99. The van der Waals surface area contributed by atoms with Crippen molar-refractivity contribution in [2.75, 3.05) is 14.2 Å². The van der Waals surface area contributed by atoms with E-state index in [4.69, 9.17) is 9.47 Å². The van der Waals surface area contributed by atoms with Crippen LogP contribution in [0.5, 0.6) is 0 Å². The summed E-state index contributed by atoms with van der Waals surface area (Å²) >= 11 is 0. The third-order valence-corrected chi connectivity index (χ3v) is 5.86. The molecule has 0 aliphatic heterocycles. The van der Waals surface area contributed by atoms with Crippen molar-refractivity contribution < 1.29 is 40.7 Å². The standard InChI is InChI=1S/C20H15F3N2O6S/c1-30-18(26)15-16(12-7-6-10-14(11-12)32(28,29)20(21,22)23)24-25(17(15)19(27)31-2)13-8-4-3-5-9-13/h3-11H,1-2H3. The molecule has 1 heterocycles. The van der Waals surface area contributed by atoms with E-state index in [1.807, 2.05) is 0 Å². The Morgan fingerprint density at radius 3 is 2.12 bits per heavy atom. The smallest absolute Gasteiger partial charge is 0.465 e. The van der Waals surface area contributed by atoms with E-state index in [1.165, 1.54) is 6.07 Å². The van der Waals surface area contributed by atoms with Crippen molar-refractivity contribution >= 4 is 21.8 Å². The van der Waals surface area contributed by atoms with Gasteiger partial charge in [0.2, 0.25) is 0 Å². The second-order valence-corrected chi connectivity index (χ2v) is 8.22. The minimum atomic E-state index is -5.66. The topological polar surface area (TPSA) is 105 Å². The van der Waals surface area contributed by atoms with Gasteiger partial charge in [-0.25, -0.2) is 22.7 Å². The van der Waals surface area contributed by atoms with Crippen LogP contribution in [0.1, 0.15) is 20.8 Å². The Balaban J connectivity index is 2.35. The molecule has 1 aromatic heterocycles. The Labute approximate surface area is 180 Å². The van der Waals surface area contributed by atoms with Crippen LogP contribution in [0.15, 0.2) is 59.5 Å². The van der Waals surface area contributed by atoms with Gasteiger partial charge >= 0.3 is 17.4 Å². The molecule has 0 saturated heterocycles. The van der Waals surface area contributed by atoms with Gasteiger partial charge in [-0.05, 0) is 24.3 Å². The average Bonchev–Trinajstić information content (AvgIpc) is 3.18. The van der Waals surface area contributed by atoms with E-state index in [1.54, 1.807) is 30.3 Å². The molecule has 0 saturated carbocycles. The number of esters is 2. The summed E-state index contributed by atoms with van der Waals surface area (Å²) in [5, 5.41) is 4.21. The van der Waals surface area contributed by atoms with E-state index in [9.17, 15) is 31.2 Å². The van der Waals surface area contributed by atoms with Gasteiger partial charge in [0.15, 0.2) is 5.69 Å². The Hall–Kier alpha value is -3.67. The highest BCUT2D eigenvalue weighted by molar-refractivity contribution is 7.92. The third-order valence-electron chi connectivity index (χ3n) is 4.38. The Kier molecular flexibility index (Phi) is 6.08. The predicted molar refractivity (Wildman–Crippen MR) is 105 cm³/mol. The van der Waals surface area contributed by atoms with Crippen molar-refractivity contribution in [3.05, 3.63) is 65.9 Å². The lowest BCUT2D eigenvalue weighted by molar-refractivity contribution is -0.0436. The lowest BCUT2D eigenvalue weighted by Gasteiger charge is -2.09. The predicted octanol–water partition coefficient (Wildman–Crippen LogP) is 3.41. The van der Waals surface area contributed by atoms with Crippen molar-refractivity contribution in [1.82, 2.24) is 9.78 Å². The monoisotopic (exact) mass is 468 g/mol. The van der Waals surface area contributed by atoms with E-state index >= 15 is 0 Å². The van der Waals surface area contributed by atoms with Crippen LogP contribution in [-0.4, -0.2) is 49.9 Å². The largest absolute Gasteiger partial charge is 0.501 e. The number of nitrogens with zero attached hydrogens (tertiary/aromatic N) is 2. The number of sulfone groups is 1. The van der Waals surface area contributed by atoms with Crippen molar-refractivity contribution in [3.8, 4) is 16.9 Å². The number of para-hydroxylation sites is 1. The molecular formula is C20H15F3N2O6S. The number of alkyl halides is 3. The first-order chi connectivity index (χ1) is 15.0. The molecule has 2 aromatic carbocycles. The molecule has 3 aromatic rings. The summed E-state index contributed by atoms with van der Waals surface area (Å²) in [6.07, 6.45) is 0. The number of hydrogen-bond donors (Lipinski definition) is 0. The first-order valence-corrected chi connectivity index (χ1v) is 10.3. The molecule has 3 rings (SSSR count). The van der Waals surface area contributed by atoms with Gasteiger partial charge in [-0.2, -0.15) is 18.3 Å². The highest BCUT2D eigenvalue weighted by Crippen LogP contribution is 2.34. The van der Waals surface area contributed by atoms with Gasteiger partial charge in [0, 0.05) is 5.56 Å². The molecule has 0 radical (unpaired) electrons. The van der Waals surface area contributed by atoms with Crippen LogP contribution in [0.25, 0.3) is 16.9 Å². The first kappa shape index (κ1) is 23.0. The van der Waals surface area contributed by atoms with E-state index in [0.29, 0.717) is 11.8 Å². The van der Waals surface area contributed by atoms with Gasteiger partial charge in [0.25, 0.3) is 9.84 Å². The van der Waals surface area contributed by atoms with Gasteiger partial charge in [0.1, 0.15) is 11.3 Å². The highest BCUT2D eigenvalue weighted by Gasteiger charge is 2.47. The highest BCUT2D eigenvalue weighted by atomic mass is 32.2. The molecule has 0 bridgehead atoms. The molecule has 0 aliphatic rings.